The monoisotopic (exact) mass is 471 g/mol. The molecule has 2 atom stereocenters. The lowest BCUT2D eigenvalue weighted by molar-refractivity contribution is 0.0395. The Balaban J connectivity index is 1.46. The molecule has 7 nitrogen and oxygen atoms in total. The van der Waals surface area contributed by atoms with Crippen LogP contribution in [0, 0.1) is 11.6 Å². The molecule has 0 amide bonds. The number of halogens is 4. The lowest BCUT2D eigenvalue weighted by Gasteiger charge is -2.31. The molecule has 1 N–H and O–H groups in total. The largest absolute Gasteiger partial charge is 0.415 e. The predicted octanol–water partition coefficient (Wildman–Crippen LogP) is 4.53. The molecule has 1 aliphatic rings. The van der Waals surface area contributed by atoms with Crippen LogP contribution in [-0.2, 0) is 13.1 Å². The SMILES string of the molecule is O[C@H](c1ccc(F)cn1)[C@H](c1ccc(F)cn1)N1Cc2ccc(-c3nnc(C(F)F)o3)cc2C1. The lowest BCUT2D eigenvalue weighted by atomic mass is 10.0. The third kappa shape index (κ3) is 4.27. The highest BCUT2D eigenvalue weighted by Crippen LogP contribution is 2.39. The molecule has 1 aromatic carbocycles. The lowest BCUT2D eigenvalue weighted by Crippen LogP contribution is -2.30. The Bertz CT molecular complexity index is 1300. The van der Waals surface area contributed by atoms with E-state index in [4.69, 9.17) is 4.42 Å². The molecular formula is C23H17F4N5O2. The van der Waals surface area contributed by atoms with Crippen LogP contribution < -0.4 is 0 Å². The normalized spacial score (nSPS) is 15.5. The molecular weight excluding hydrogens is 454 g/mol. The first-order valence-corrected chi connectivity index (χ1v) is 10.3. The summed E-state index contributed by atoms with van der Waals surface area (Å²) in [6.07, 6.45) is -1.98. The molecule has 34 heavy (non-hydrogen) atoms. The second-order valence-electron chi connectivity index (χ2n) is 7.83. The van der Waals surface area contributed by atoms with Gasteiger partial charge in [-0.1, -0.05) is 6.07 Å². The second kappa shape index (κ2) is 8.92. The van der Waals surface area contributed by atoms with Crippen molar-refractivity contribution in [1.82, 2.24) is 25.1 Å². The van der Waals surface area contributed by atoms with Gasteiger partial charge in [-0.05, 0) is 47.5 Å². The first kappa shape index (κ1) is 22.1. The van der Waals surface area contributed by atoms with Crippen LogP contribution in [-0.4, -0.2) is 30.2 Å². The van der Waals surface area contributed by atoms with Crippen LogP contribution in [0.25, 0.3) is 11.5 Å². The zero-order valence-corrected chi connectivity index (χ0v) is 17.4. The number of hydrogen-bond acceptors (Lipinski definition) is 7. The fourth-order valence-corrected chi connectivity index (χ4v) is 4.02. The van der Waals surface area contributed by atoms with Gasteiger partial charge in [-0.15, -0.1) is 10.2 Å². The number of aromatic nitrogens is 4. The second-order valence-corrected chi connectivity index (χ2v) is 7.83. The standard InChI is InChI=1S/C23H17F4N5O2/c24-15-3-5-17(28-8-15)19(20(33)18-6-4-16(25)9-29-18)32-10-13-2-1-12(7-14(13)11-32)22-30-31-23(34-22)21(26)27/h1-9,19-21,33H,10-11H2/t19-,20+/m0/s1. The number of fused-ring (bicyclic) bond motifs is 1. The van der Waals surface area contributed by atoms with Crippen LogP contribution >= 0.6 is 0 Å². The molecule has 0 fully saturated rings. The van der Waals surface area contributed by atoms with E-state index in [0.29, 0.717) is 24.3 Å². The molecule has 0 radical (unpaired) electrons. The maximum Gasteiger partial charge on any atom is 0.314 e. The predicted molar refractivity (Wildman–Crippen MR) is 110 cm³/mol. The van der Waals surface area contributed by atoms with E-state index >= 15 is 0 Å². The fraction of sp³-hybridized carbons (Fsp3) is 0.217. The van der Waals surface area contributed by atoms with Gasteiger partial charge in [0, 0.05) is 18.7 Å². The average Bonchev–Trinajstić information content (AvgIpc) is 3.48. The molecule has 11 heteroatoms. The van der Waals surface area contributed by atoms with Gasteiger partial charge in [-0.3, -0.25) is 14.9 Å². The zero-order valence-electron chi connectivity index (χ0n) is 17.4. The molecule has 5 rings (SSSR count). The van der Waals surface area contributed by atoms with E-state index < -0.39 is 36.1 Å². The Hall–Kier alpha value is -3.70. The summed E-state index contributed by atoms with van der Waals surface area (Å²) in [4.78, 5) is 10.1. The first-order chi connectivity index (χ1) is 16.4. The molecule has 4 aromatic rings. The molecule has 3 aromatic heterocycles. The zero-order chi connectivity index (χ0) is 23.8. The van der Waals surface area contributed by atoms with Gasteiger partial charge in [-0.25, -0.2) is 8.78 Å². The highest BCUT2D eigenvalue weighted by atomic mass is 19.3. The van der Waals surface area contributed by atoms with Crippen LogP contribution in [0.1, 0.15) is 47.0 Å². The fourth-order valence-electron chi connectivity index (χ4n) is 4.02. The van der Waals surface area contributed by atoms with Gasteiger partial charge in [0.05, 0.1) is 29.8 Å². The molecule has 1 aliphatic heterocycles. The molecule has 0 spiro atoms. The van der Waals surface area contributed by atoms with E-state index in [-0.39, 0.29) is 11.6 Å². The molecule has 0 saturated carbocycles. The van der Waals surface area contributed by atoms with Gasteiger partial charge in [0.15, 0.2) is 0 Å². The Morgan fingerprint density at radius 2 is 1.53 bits per heavy atom. The summed E-state index contributed by atoms with van der Waals surface area (Å²) in [6.45, 7) is 0.782. The Labute approximate surface area is 190 Å². The summed E-state index contributed by atoms with van der Waals surface area (Å²) in [5, 5.41) is 18.2. The highest BCUT2D eigenvalue weighted by Gasteiger charge is 2.35. The third-order valence-corrected chi connectivity index (χ3v) is 5.63. The van der Waals surface area contributed by atoms with Gasteiger partial charge in [0.25, 0.3) is 5.89 Å². The summed E-state index contributed by atoms with van der Waals surface area (Å²) in [6, 6.07) is 9.85. The van der Waals surface area contributed by atoms with E-state index in [1.165, 1.54) is 24.3 Å². The van der Waals surface area contributed by atoms with E-state index in [0.717, 1.165) is 23.5 Å². The van der Waals surface area contributed by atoms with Gasteiger partial charge < -0.3 is 9.52 Å². The van der Waals surface area contributed by atoms with Crippen molar-refractivity contribution in [2.75, 3.05) is 0 Å². The van der Waals surface area contributed by atoms with Crippen LogP contribution in [0.2, 0.25) is 0 Å². The number of hydrogen-bond donors (Lipinski definition) is 1. The topological polar surface area (TPSA) is 88.2 Å². The van der Waals surface area contributed by atoms with Crippen molar-refractivity contribution in [1.29, 1.82) is 0 Å². The van der Waals surface area contributed by atoms with Gasteiger partial charge in [0.1, 0.15) is 17.7 Å². The molecule has 0 saturated heterocycles. The van der Waals surface area contributed by atoms with E-state index in [9.17, 15) is 22.7 Å². The van der Waals surface area contributed by atoms with Crippen LogP contribution in [0.3, 0.4) is 0 Å². The van der Waals surface area contributed by atoms with Crippen LogP contribution in [0.4, 0.5) is 17.6 Å². The van der Waals surface area contributed by atoms with Crippen molar-refractivity contribution in [3.8, 4) is 11.5 Å². The van der Waals surface area contributed by atoms with Crippen molar-refractivity contribution in [2.45, 2.75) is 31.7 Å². The number of pyridine rings is 2. The van der Waals surface area contributed by atoms with Gasteiger partial charge in [-0.2, -0.15) is 8.78 Å². The number of alkyl halides is 2. The first-order valence-electron chi connectivity index (χ1n) is 10.3. The number of benzene rings is 1. The van der Waals surface area contributed by atoms with Crippen LogP contribution in [0.15, 0.2) is 59.3 Å². The van der Waals surface area contributed by atoms with E-state index in [1.807, 2.05) is 11.0 Å². The molecule has 0 unspecified atom stereocenters. The van der Waals surface area contributed by atoms with Crippen molar-refractivity contribution in [3.05, 3.63) is 94.9 Å². The maximum atomic E-state index is 13.5. The average molecular weight is 471 g/mol. The minimum atomic E-state index is -2.86. The Morgan fingerprint density at radius 1 is 0.853 bits per heavy atom. The maximum absolute atomic E-state index is 13.5. The quantitative estimate of drug-likeness (QED) is 0.413. The van der Waals surface area contributed by atoms with Crippen molar-refractivity contribution < 1.29 is 27.1 Å². The summed E-state index contributed by atoms with van der Waals surface area (Å²) < 4.78 is 57.5. The van der Waals surface area contributed by atoms with Crippen LogP contribution in [0.5, 0.6) is 0 Å². The smallest absolute Gasteiger partial charge is 0.314 e. The third-order valence-electron chi connectivity index (χ3n) is 5.63. The van der Waals surface area contributed by atoms with Crippen molar-refractivity contribution in [3.63, 3.8) is 0 Å². The molecule has 174 valence electrons. The minimum Gasteiger partial charge on any atom is -0.415 e. The summed E-state index contributed by atoms with van der Waals surface area (Å²) in [7, 11) is 0. The van der Waals surface area contributed by atoms with E-state index in [1.54, 1.807) is 12.1 Å². The summed E-state index contributed by atoms with van der Waals surface area (Å²) >= 11 is 0. The number of rotatable bonds is 6. The summed E-state index contributed by atoms with van der Waals surface area (Å²) in [5.74, 6) is -1.84. The highest BCUT2D eigenvalue weighted by molar-refractivity contribution is 5.56. The van der Waals surface area contributed by atoms with Crippen molar-refractivity contribution in [2.24, 2.45) is 0 Å². The number of nitrogens with zero attached hydrogens (tertiary/aromatic N) is 5. The van der Waals surface area contributed by atoms with Gasteiger partial charge in [0.2, 0.25) is 5.89 Å². The van der Waals surface area contributed by atoms with E-state index in [2.05, 4.69) is 20.2 Å². The summed E-state index contributed by atoms with van der Waals surface area (Å²) in [5.41, 5.74) is 2.92. The van der Waals surface area contributed by atoms with Gasteiger partial charge >= 0.3 is 6.43 Å². The molecule has 0 aliphatic carbocycles. The minimum absolute atomic E-state index is 0.0242. The molecule has 4 heterocycles. The molecule has 0 bridgehead atoms. The Kier molecular flexibility index (Phi) is 5.80. The van der Waals surface area contributed by atoms with Crippen molar-refractivity contribution >= 4 is 0 Å². The number of aliphatic hydroxyl groups is 1. The number of aliphatic hydroxyl groups excluding tert-OH is 1. The Morgan fingerprint density at radius 3 is 2.15 bits per heavy atom.